The van der Waals surface area contributed by atoms with Gasteiger partial charge in [0.25, 0.3) is 5.91 Å². The fourth-order valence-electron chi connectivity index (χ4n) is 6.17. The Kier molecular flexibility index (Phi) is 8.78. The largest absolute Gasteiger partial charge is 0.481 e. The fraction of sp³-hybridized carbons (Fsp3) is 0.312. The number of fused-ring (bicyclic) bond motifs is 1. The number of carbonyl (C=O) groups excluding carboxylic acids is 2. The second-order valence-corrected chi connectivity index (χ2v) is 14.0. The molecule has 3 aromatic carbocycles. The normalized spacial score (nSPS) is 17.4. The zero-order valence-electron chi connectivity index (χ0n) is 25.9. The van der Waals surface area contributed by atoms with Gasteiger partial charge in [-0.25, -0.2) is 17.2 Å². The number of benzene rings is 3. The molecule has 3 heterocycles. The van der Waals surface area contributed by atoms with E-state index in [1.807, 2.05) is 11.9 Å². The molecule has 2 aliphatic heterocycles. The summed E-state index contributed by atoms with van der Waals surface area (Å²) in [6.45, 7) is 3.53. The van der Waals surface area contributed by atoms with Crippen LogP contribution in [0.15, 0.2) is 58.3 Å². The maximum atomic E-state index is 13.9. The molecule has 0 radical (unpaired) electrons. The number of sulfone groups is 1. The van der Waals surface area contributed by atoms with Crippen molar-refractivity contribution in [3.8, 4) is 0 Å². The van der Waals surface area contributed by atoms with Crippen LogP contribution in [-0.2, 0) is 14.6 Å². The minimum Gasteiger partial charge on any atom is -0.481 e. The molecule has 0 aliphatic carbocycles. The first kappa shape index (κ1) is 32.8. The highest BCUT2D eigenvalue weighted by atomic mass is 32.2. The number of aromatic amines is 1. The Morgan fingerprint density at radius 2 is 1.58 bits per heavy atom. The smallest absolute Gasteiger partial charge is 0.308 e. The summed E-state index contributed by atoms with van der Waals surface area (Å²) in [5.74, 6) is -5.34. The van der Waals surface area contributed by atoms with Gasteiger partial charge in [0.15, 0.2) is 5.82 Å². The Balaban J connectivity index is 1.39. The number of rotatable bonds is 8. The second kappa shape index (κ2) is 12.8. The van der Waals surface area contributed by atoms with Crippen LogP contribution in [0.3, 0.4) is 0 Å². The first-order valence-corrected chi connectivity index (χ1v) is 16.7. The number of aliphatic carboxylic acids is 1. The van der Waals surface area contributed by atoms with Gasteiger partial charge in [-0.2, -0.15) is 5.10 Å². The molecule has 48 heavy (non-hydrogen) atoms. The lowest BCUT2D eigenvalue weighted by Gasteiger charge is -2.39. The summed E-state index contributed by atoms with van der Waals surface area (Å²) in [4.78, 5) is 43.8. The number of carbonyl (C=O) groups is 3. The maximum absolute atomic E-state index is 13.9. The number of carboxylic acid groups (broad SMARTS) is 1. The minimum atomic E-state index is -4.37. The van der Waals surface area contributed by atoms with Gasteiger partial charge in [0.2, 0.25) is 15.7 Å². The molecule has 2 saturated heterocycles. The summed E-state index contributed by atoms with van der Waals surface area (Å²) in [5, 5.41) is 19.4. The fourth-order valence-corrected chi connectivity index (χ4v) is 7.50. The lowest BCUT2D eigenvalue weighted by Crippen LogP contribution is -2.46. The third kappa shape index (κ3) is 6.40. The molecule has 0 saturated carbocycles. The summed E-state index contributed by atoms with van der Waals surface area (Å²) in [5.41, 5.74) is 7.25. The van der Waals surface area contributed by atoms with E-state index in [0.29, 0.717) is 67.6 Å². The summed E-state index contributed by atoms with van der Waals surface area (Å²) in [7, 11) is -2.37. The monoisotopic (exact) mass is 681 g/mol. The van der Waals surface area contributed by atoms with Crippen LogP contribution < -0.4 is 20.9 Å². The van der Waals surface area contributed by atoms with E-state index in [-0.39, 0.29) is 33.8 Å². The molecule has 1 unspecified atom stereocenters. The number of piperidine rings is 1. The lowest BCUT2D eigenvalue weighted by atomic mass is 9.95. The summed E-state index contributed by atoms with van der Waals surface area (Å²) in [6.07, 6.45) is 1.13. The number of hydrogen-bond donors (Lipinski definition) is 4. The maximum Gasteiger partial charge on any atom is 0.308 e. The zero-order valence-corrected chi connectivity index (χ0v) is 26.7. The molecule has 0 bridgehead atoms. The first-order chi connectivity index (χ1) is 22.8. The SMILES string of the molecule is CN1CCN(c2cc(C(N)=O)c(C(=O)Nc3n[nH]c4ccc(S(=O)(=O)c5cc(F)cc(F)c5)cc34)cc2N2CCCC(C(=O)O)C2)CC1. The number of halogens is 2. The van der Waals surface area contributed by atoms with Gasteiger partial charge >= 0.3 is 5.97 Å². The lowest BCUT2D eigenvalue weighted by molar-refractivity contribution is -0.141. The van der Waals surface area contributed by atoms with Gasteiger partial charge in [0, 0.05) is 50.7 Å². The van der Waals surface area contributed by atoms with Crippen molar-refractivity contribution in [1.82, 2.24) is 15.1 Å². The number of nitrogens with zero attached hydrogens (tertiary/aromatic N) is 4. The predicted octanol–water partition coefficient (Wildman–Crippen LogP) is 3.08. The van der Waals surface area contributed by atoms with Crippen molar-refractivity contribution in [3.63, 3.8) is 0 Å². The number of nitrogens with one attached hydrogen (secondary N) is 2. The summed E-state index contributed by atoms with van der Waals surface area (Å²) in [6, 6.07) is 8.92. The zero-order chi connectivity index (χ0) is 34.3. The molecule has 1 atom stereocenters. The number of hydrogen-bond acceptors (Lipinski definition) is 9. The molecule has 6 rings (SSSR count). The van der Waals surface area contributed by atoms with Gasteiger partial charge in [-0.15, -0.1) is 0 Å². The minimum absolute atomic E-state index is 0.0618. The van der Waals surface area contributed by atoms with Crippen molar-refractivity contribution in [2.24, 2.45) is 11.7 Å². The summed E-state index contributed by atoms with van der Waals surface area (Å²) >= 11 is 0. The summed E-state index contributed by atoms with van der Waals surface area (Å²) < 4.78 is 54.2. The van der Waals surface area contributed by atoms with E-state index in [1.165, 1.54) is 24.3 Å². The van der Waals surface area contributed by atoms with Gasteiger partial charge < -0.3 is 30.9 Å². The van der Waals surface area contributed by atoms with Crippen LogP contribution in [0.25, 0.3) is 10.9 Å². The van der Waals surface area contributed by atoms with Gasteiger partial charge in [0.1, 0.15) is 11.6 Å². The van der Waals surface area contributed by atoms with Crippen molar-refractivity contribution < 1.29 is 36.7 Å². The first-order valence-electron chi connectivity index (χ1n) is 15.2. The molecule has 2 aliphatic rings. The number of nitrogens with two attached hydrogens (primary N) is 1. The molecule has 5 N–H and O–H groups in total. The van der Waals surface area contributed by atoms with Crippen LogP contribution in [0.5, 0.6) is 0 Å². The van der Waals surface area contributed by atoms with Crippen LogP contribution in [0.4, 0.5) is 26.0 Å². The molecular weight excluding hydrogens is 648 g/mol. The van der Waals surface area contributed by atoms with Crippen LogP contribution in [0.2, 0.25) is 0 Å². The van der Waals surface area contributed by atoms with Crippen LogP contribution in [0.1, 0.15) is 33.6 Å². The van der Waals surface area contributed by atoms with Crippen molar-refractivity contribution in [2.75, 3.05) is 61.4 Å². The van der Waals surface area contributed by atoms with E-state index < -0.39 is 50.1 Å². The van der Waals surface area contributed by atoms with E-state index in [1.54, 1.807) is 6.07 Å². The Labute approximate surface area is 274 Å². The number of piperazine rings is 1. The number of aromatic nitrogens is 2. The molecule has 13 nitrogen and oxygen atoms in total. The topological polar surface area (TPSA) is 182 Å². The number of anilines is 3. The number of H-pyrrole nitrogens is 1. The molecule has 2 amide bonds. The Hall–Kier alpha value is -5.09. The highest BCUT2D eigenvalue weighted by Gasteiger charge is 2.31. The van der Waals surface area contributed by atoms with Crippen molar-refractivity contribution in [3.05, 3.63) is 71.3 Å². The second-order valence-electron chi connectivity index (χ2n) is 12.0. The number of carboxylic acids is 1. The molecule has 0 spiro atoms. The van der Waals surface area contributed by atoms with Crippen molar-refractivity contribution in [1.29, 1.82) is 0 Å². The Morgan fingerprint density at radius 3 is 2.25 bits per heavy atom. The third-order valence-electron chi connectivity index (χ3n) is 8.80. The molecular formula is C32H33F2N7O6S. The highest BCUT2D eigenvalue weighted by molar-refractivity contribution is 7.91. The van der Waals surface area contributed by atoms with Gasteiger partial charge in [-0.3, -0.25) is 19.5 Å². The van der Waals surface area contributed by atoms with Gasteiger partial charge in [0.05, 0.1) is 43.7 Å². The van der Waals surface area contributed by atoms with E-state index in [0.717, 1.165) is 13.1 Å². The van der Waals surface area contributed by atoms with Crippen LogP contribution in [-0.4, -0.2) is 92.7 Å². The van der Waals surface area contributed by atoms with Crippen molar-refractivity contribution >= 4 is 55.7 Å². The molecule has 16 heteroatoms. The average molecular weight is 682 g/mol. The van der Waals surface area contributed by atoms with E-state index in [9.17, 15) is 36.7 Å². The quantitative estimate of drug-likeness (QED) is 0.216. The third-order valence-corrected chi connectivity index (χ3v) is 10.5. The molecule has 4 aromatic rings. The molecule has 1 aromatic heterocycles. The molecule has 2 fully saturated rings. The Bertz CT molecular complexity index is 2030. The number of likely N-dealkylation sites (N-methyl/N-ethyl adjacent to an activating group) is 1. The highest BCUT2D eigenvalue weighted by Crippen LogP contribution is 2.37. The molecule has 252 valence electrons. The standard InChI is InChI=1S/C32H33F2N7O6S/c1-39-7-9-40(10-8-39)27-15-23(29(35)42)24(16-28(27)41-6-2-3-18(17-41)32(44)45)31(43)36-30-25-14-21(4-5-26(25)37-38-30)48(46,47)22-12-19(33)11-20(34)13-22/h4-5,11-16,18H,2-3,6-10,17H2,1H3,(H2,35,42)(H,44,45)(H2,36,37,38,43). The van der Waals surface area contributed by atoms with Crippen LogP contribution in [0, 0.1) is 17.6 Å². The van der Waals surface area contributed by atoms with Crippen LogP contribution >= 0.6 is 0 Å². The predicted molar refractivity (Wildman–Crippen MR) is 173 cm³/mol. The van der Waals surface area contributed by atoms with E-state index in [2.05, 4.69) is 25.3 Å². The number of primary amides is 1. The van der Waals surface area contributed by atoms with Crippen molar-refractivity contribution in [2.45, 2.75) is 22.6 Å². The van der Waals surface area contributed by atoms with E-state index in [4.69, 9.17) is 5.73 Å². The Morgan fingerprint density at radius 1 is 0.917 bits per heavy atom. The van der Waals surface area contributed by atoms with E-state index >= 15 is 0 Å². The average Bonchev–Trinajstić information content (AvgIpc) is 3.45. The van der Waals surface area contributed by atoms with Gasteiger partial charge in [-0.1, -0.05) is 0 Å². The van der Waals surface area contributed by atoms with Gasteiger partial charge in [-0.05, 0) is 62.4 Å². The number of amides is 2.